The van der Waals surface area contributed by atoms with E-state index < -0.39 is 0 Å². The summed E-state index contributed by atoms with van der Waals surface area (Å²) in [6, 6.07) is 0. The molecule has 2 N–H and O–H groups in total. The average molecular weight is 174 g/mol. The number of aliphatic hydroxyl groups excluding tert-OH is 2. The van der Waals surface area contributed by atoms with Crippen LogP contribution in [0.4, 0.5) is 0 Å². The van der Waals surface area contributed by atoms with Crippen molar-refractivity contribution in [1.29, 1.82) is 0 Å². The third-order valence-corrected chi connectivity index (χ3v) is 2.17. The molecular formula is C10H22O2. The monoisotopic (exact) mass is 174 g/mol. The van der Waals surface area contributed by atoms with Crippen LogP contribution >= 0.6 is 0 Å². The topological polar surface area (TPSA) is 40.5 Å². The van der Waals surface area contributed by atoms with Gasteiger partial charge in [0.15, 0.2) is 0 Å². The van der Waals surface area contributed by atoms with Gasteiger partial charge in [0.1, 0.15) is 0 Å². The maximum Gasteiger partial charge on any atom is 0.0587 e. The molecule has 0 aliphatic rings. The Morgan fingerprint density at radius 1 is 1.17 bits per heavy atom. The molecule has 0 rings (SSSR count). The van der Waals surface area contributed by atoms with Crippen molar-refractivity contribution >= 4 is 0 Å². The molecule has 0 aliphatic heterocycles. The van der Waals surface area contributed by atoms with E-state index in [1.54, 1.807) is 0 Å². The Morgan fingerprint density at radius 3 is 2.17 bits per heavy atom. The highest BCUT2D eigenvalue weighted by Gasteiger charge is 2.14. The molecule has 0 saturated carbocycles. The Kier molecular flexibility index (Phi) is 6.39. The molecule has 0 aromatic rings. The number of hydrogen-bond acceptors (Lipinski definition) is 2. The highest BCUT2D eigenvalue weighted by atomic mass is 16.3. The molecule has 0 aliphatic carbocycles. The molecule has 0 spiro atoms. The zero-order valence-electron chi connectivity index (χ0n) is 8.45. The van der Waals surface area contributed by atoms with Gasteiger partial charge in [-0.3, -0.25) is 0 Å². The van der Waals surface area contributed by atoms with Crippen LogP contribution in [0, 0.1) is 5.92 Å². The molecule has 0 saturated heterocycles. The van der Waals surface area contributed by atoms with Gasteiger partial charge in [0.25, 0.3) is 0 Å². The van der Waals surface area contributed by atoms with E-state index in [9.17, 15) is 10.2 Å². The van der Waals surface area contributed by atoms with Gasteiger partial charge in [-0.25, -0.2) is 0 Å². The van der Waals surface area contributed by atoms with Crippen molar-refractivity contribution in [1.82, 2.24) is 0 Å². The van der Waals surface area contributed by atoms with Crippen molar-refractivity contribution in [2.45, 2.75) is 58.7 Å². The average Bonchev–Trinajstić information content (AvgIpc) is 2.00. The Labute approximate surface area is 75.6 Å². The van der Waals surface area contributed by atoms with Crippen LogP contribution in [0.15, 0.2) is 0 Å². The molecule has 2 nitrogen and oxygen atoms in total. The van der Waals surface area contributed by atoms with Crippen molar-refractivity contribution in [3.63, 3.8) is 0 Å². The predicted octanol–water partition coefficient (Wildman–Crippen LogP) is 1.94. The minimum absolute atomic E-state index is 0.251. The molecular weight excluding hydrogens is 152 g/mol. The summed E-state index contributed by atoms with van der Waals surface area (Å²) >= 11 is 0. The van der Waals surface area contributed by atoms with Crippen LogP contribution in [0.3, 0.4) is 0 Å². The molecule has 0 amide bonds. The van der Waals surface area contributed by atoms with Crippen molar-refractivity contribution in [2.24, 2.45) is 5.92 Å². The second-order valence-corrected chi connectivity index (χ2v) is 3.84. The Balaban J connectivity index is 3.47. The molecule has 2 atom stereocenters. The van der Waals surface area contributed by atoms with Crippen molar-refractivity contribution in [3.8, 4) is 0 Å². The fourth-order valence-electron chi connectivity index (χ4n) is 1.11. The molecule has 0 aromatic carbocycles. The van der Waals surface area contributed by atoms with Gasteiger partial charge in [0.2, 0.25) is 0 Å². The first-order valence-corrected chi connectivity index (χ1v) is 4.94. The summed E-state index contributed by atoms with van der Waals surface area (Å²) in [5, 5.41) is 18.9. The Morgan fingerprint density at radius 2 is 1.75 bits per heavy atom. The van der Waals surface area contributed by atoms with Gasteiger partial charge < -0.3 is 10.2 Å². The van der Waals surface area contributed by atoms with E-state index >= 15 is 0 Å². The summed E-state index contributed by atoms with van der Waals surface area (Å²) in [5.74, 6) is 0.251. The minimum atomic E-state index is -0.350. The van der Waals surface area contributed by atoms with Crippen molar-refractivity contribution in [2.75, 3.05) is 0 Å². The normalized spacial score (nSPS) is 16.5. The van der Waals surface area contributed by atoms with E-state index in [2.05, 4.69) is 6.92 Å². The van der Waals surface area contributed by atoms with Gasteiger partial charge in [-0.15, -0.1) is 0 Å². The SMILES string of the molecule is CCCCC(O)CC(O)C(C)C. The highest BCUT2D eigenvalue weighted by Crippen LogP contribution is 2.12. The Hall–Kier alpha value is -0.0800. The first-order chi connectivity index (χ1) is 5.57. The maximum absolute atomic E-state index is 9.44. The summed E-state index contributed by atoms with van der Waals surface area (Å²) in [7, 11) is 0. The van der Waals surface area contributed by atoms with E-state index in [0.717, 1.165) is 19.3 Å². The van der Waals surface area contributed by atoms with Gasteiger partial charge in [-0.05, 0) is 18.8 Å². The summed E-state index contributed by atoms with van der Waals surface area (Å²) in [6.07, 6.45) is 2.83. The van der Waals surface area contributed by atoms with E-state index in [4.69, 9.17) is 0 Å². The van der Waals surface area contributed by atoms with E-state index in [1.807, 2.05) is 13.8 Å². The fraction of sp³-hybridized carbons (Fsp3) is 1.00. The van der Waals surface area contributed by atoms with E-state index in [-0.39, 0.29) is 18.1 Å². The highest BCUT2D eigenvalue weighted by molar-refractivity contribution is 4.66. The second kappa shape index (κ2) is 6.44. The van der Waals surface area contributed by atoms with Crippen LogP contribution in [0.5, 0.6) is 0 Å². The molecule has 74 valence electrons. The van der Waals surface area contributed by atoms with Crippen LogP contribution in [0.2, 0.25) is 0 Å². The van der Waals surface area contributed by atoms with Gasteiger partial charge in [-0.2, -0.15) is 0 Å². The number of unbranched alkanes of at least 4 members (excludes halogenated alkanes) is 1. The van der Waals surface area contributed by atoms with E-state index in [1.165, 1.54) is 0 Å². The number of hydrogen-bond donors (Lipinski definition) is 2. The minimum Gasteiger partial charge on any atom is -0.393 e. The lowest BCUT2D eigenvalue weighted by molar-refractivity contribution is 0.0490. The van der Waals surface area contributed by atoms with Crippen LogP contribution < -0.4 is 0 Å². The zero-order chi connectivity index (χ0) is 9.56. The lowest BCUT2D eigenvalue weighted by atomic mass is 9.98. The second-order valence-electron chi connectivity index (χ2n) is 3.84. The van der Waals surface area contributed by atoms with E-state index in [0.29, 0.717) is 6.42 Å². The molecule has 0 heterocycles. The quantitative estimate of drug-likeness (QED) is 0.646. The maximum atomic E-state index is 9.44. The lowest BCUT2D eigenvalue weighted by Crippen LogP contribution is -2.22. The molecule has 2 heteroatoms. The smallest absolute Gasteiger partial charge is 0.0587 e. The molecule has 0 radical (unpaired) electrons. The largest absolute Gasteiger partial charge is 0.393 e. The zero-order valence-corrected chi connectivity index (χ0v) is 8.45. The first kappa shape index (κ1) is 11.9. The van der Waals surface area contributed by atoms with Gasteiger partial charge in [0.05, 0.1) is 12.2 Å². The van der Waals surface area contributed by atoms with Crippen LogP contribution in [-0.4, -0.2) is 22.4 Å². The predicted molar refractivity (Wildman–Crippen MR) is 51.0 cm³/mol. The third-order valence-electron chi connectivity index (χ3n) is 2.17. The van der Waals surface area contributed by atoms with Crippen LogP contribution in [-0.2, 0) is 0 Å². The number of rotatable bonds is 6. The molecule has 12 heavy (non-hydrogen) atoms. The van der Waals surface area contributed by atoms with Crippen molar-refractivity contribution < 1.29 is 10.2 Å². The molecule has 0 bridgehead atoms. The Bertz CT molecular complexity index is 102. The molecule has 0 fully saturated rings. The summed E-state index contributed by atoms with van der Waals surface area (Å²) in [4.78, 5) is 0. The van der Waals surface area contributed by atoms with Crippen LogP contribution in [0.1, 0.15) is 46.5 Å². The number of aliphatic hydroxyl groups is 2. The van der Waals surface area contributed by atoms with Gasteiger partial charge in [-0.1, -0.05) is 33.6 Å². The van der Waals surface area contributed by atoms with Gasteiger partial charge in [0, 0.05) is 0 Å². The first-order valence-electron chi connectivity index (χ1n) is 4.94. The summed E-state index contributed by atoms with van der Waals surface area (Å²) < 4.78 is 0. The summed E-state index contributed by atoms with van der Waals surface area (Å²) in [6.45, 7) is 6.04. The van der Waals surface area contributed by atoms with Crippen molar-refractivity contribution in [3.05, 3.63) is 0 Å². The van der Waals surface area contributed by atoms with Crippen LogP contribution in [0.25, 0.3) is 0 Å². The standard InChI is InChI=1S/C10H22O2/c1-4-5-6-9(11)7-10(12)8(2)3/h8-12H,4-7H2,1-3H3. The molecule has 0 aromatic heterocycles. The van der Waals surface area contributed by atoms with Gasteiger partial charge >= 0.3 is 0 Å². The molecule has 2 unspecified atom stereocenters. The third kappa shape index (κ3) is 5.56. The summed E-state index contributed by atoms with van der Waals surface area (Å²) in [5.41, 5.74) is 0. The lowest BCUT2D eigenvalue weighted by Gasteiger charge is -2.18. The fourth-order valence-corrected chi connectivity index (χ4v) is 1.11.